The number of nitrogens with one attached hydrogen (secondary N) is 1. The van der Waals surface area contributed by atoms with Crippen molar-refractivity contribution in [2.45, 2.75) is 6.54 Å². The average Bonchev–Trinajstić information content (AvgIpc) is 2.31. The van der Waals surface area contributed by atoms with Crippen LogP contribution in [0.3, 0.4) is 0 Å². The molecular formula is C13H11Br2NO. The molecule has 0 heterocycles. The van der Waals surface area contributed by atoms with E-state index in [4.69, 9.17) is 0 Å². The van der Waals surface area contributed by atoms with Gasteiger partial charge in [-0.2, -0.15) is 0 Å². The van der Waals surface area contributed by atoms with Crippen LogP contribution in [0, 0.1) is 0 Å². The van der Waals surface area contributed by atoms with E-state index in [2.05, 4.69) is 37.2 Å². The highest BCUT2D eigenvalue weighted by atomic mass is 79.9. The van der Waals surface area contributed by atoms with E-state index < -0.39 is 0 Å². The minimum atomic E-state index is 0.288. The first-order valence-corrected chi connectivity index (χ1v) is 6.71. The fourth-order valence-electron chi connectivity index (χ4n) is 1.47. The van der Waals surface area contributed by atoms with Crippen LogP contribution >= 0.6 is 31.9 Å². The minimum absolute atomic E-state index is 0.288. The fraction of sp³-hybridized carbons (Fsp3) is 0.0769. The molecule has 0 spiro atoms. The number of halogens is 2. The second kappa shape index (κ2) is 5.56. The molecule has 0 aromatic heterocycles. The molecule has 0 amide bonds. The van der Waals surface area contributed by atoms with Gasteiger partial charge >= 0.3 is 0 Å². The zero-order valence-corrected chi connectivity index (χ0v) is 12.1. The fourth-order valence-corrected chi connectivity index (χ4v) is 2.75. The molecule has 2 nitrogen and oxygen atoms in total. The van der Waals surface area contributed by atoms with E-state index in [1.807, 2.05) is 30.3 Å². The van der Waals surface area contributed by atoms with E-state index >= 15 is 0 Å². The average molecular weight is 357 g/mol. The second-order valence-corrected chi connectivity index (χ2v) is 5.33. The molecule has 2 aromatic rings. The summed E-state index contributed by atoms with van der Waals surface area (Å²) in [6.07, 6.45) is 0. The van der Waals surface area contributed by atoms with Gasteiger partial charge in [-0.15, -0.1) is 0 Å². The van der Waals surface area contributed by atoms with Crippen molar-refractivity contribution in [1.29, 1.82) is 0 Å². The molecule has 4 heteroatoms. The first-order chi connectivity index (χ1) is 8.16. The molecule has 2 aromatic carbocycles. The Bertz CT molecular complexity index is 491. The Labute approximate surface area is 117 Å². The number of hydrogen-bond acceptors (Lipinski definition) is 2. The van der Waals surface area contributed by atoms with Crippen molar-refractivity contribution >= 4 is 37.5 Å². The lowest BCUT2D eigenvalue weighted by Gasteiger charge is -2.10. The smallest absolute Gasteiger partial charge is 0.115 e. The van der Waals surface area contributed by atoms with E-state index in [-0.39, 0.29) is 5.75 Å². The normalized spacial score (nSPS) is 10.2. The third-order valence-corrected chi connectivity index (χ3v) is 3.69. The quantitative estimate of drug-likeness (QED) is 0.846. The van der Waals surface area contributed by atoms with Crippen molar-refractivity contribution < 1.29 is 5.11 Å². The third-order valence-electron chi connectivity index (χ3n) is 2.37. The zero-order chi connectivity index (χ0) is 12.3. The Balaban J connectivity index is 2.10. The molecule has 2 rings (SSSR count). The van der Waals surface area contributed by atoms with Gasteiger partial charge in [-0.1, -0.05) is 18.2 Å². The summed E-state index contributed by atoms with van der Waals surface area (Å²) in [5.74, 6) is 0.288. The van der Waals surface area contributed by atoms with Gasteiger partial charge in [0.05, 0.1) is 5.69 Å². The predicted octanol–water partition coefficient (Wildman–Crippen LogP) is 4.53. The minimum Gasteiger partial charge on any atom is -0.508 e. The van der Waals surface area contributed by atoms with Crippen LogP contribution in [0.4, 0.5) is 5.69 Å². The highest BCUT2D eigenvalue weighted by molar-refractivity contribution is 9.11. The maximum absolute atomic E-state index is 9.19. The molecule has 2 N–H and O–H groups in total. The molecule has 0 unspecified atom stereocenters. The van der Waals surface area contributed by atoms with Crippen LogP contribution in [0.15, 0.2) is 51.4 Å². The van der Waals surface area contributed by atoms with Crippen molar-refractivity contribution in [2.24, 2.45) is 0 Å². The summed E-state index contributed by atoms with van der Waals surface area (Å²) in [6.45, 7) is 0.710. The van der Waals surface area contributed by atoms with Crippen LogP contribution in [-0.2, 0) is 6.54 Å². The first-order valence-electron chi connectivity index (χ1n) is 5.12. The summed E-state index contributed by atoms with van der Waals surface area (Å²) in [4.78, 5) is 0. The molecule has 0 fully saturated rings. The summed E-state index contributed by atoms with van der Waals surface area (Å²) in [6, 6.07) is 13.1. The zero-order valence-electron chi connectivity index (χ0n) is 8.95. The summed E-state index contributed by atoms with van der Waals surface area (Å²) in [7, 11) is 0. The topological polar surface area (TPSA) is 32.3 Å². The molecule has 17 heavy (non-hydrogen) atoms. The van der Waals surface area contributed by atoms with Crippen LogP contribution in [0.5, 0.6) is 5.75 Å². The molecule has 88 valence electrons. The molecule has 0 saturated carbocycles. The highest BCUT2D eigenvalue weighted by Crippen LogP contribution is 2.30. The molecule has 0 aliphatic heterocycles. The van der Waals surface area contributed by atoms with Gasteiger partial charge in [0.25, 0.3) is 0 Å². The number of phenols is 1. The molecule has 0 aliphatic rings. The van der Waals surface area contributed by atoms with E-state index in [1.54, 1.807) is 12.1 Å². The molecule has 0 saturated heterocycles. The Morgan fingerprint density at radius 2 is 1.53 bits per heavy atom. The number of aromatic hydroxyl groups is 1. The van der Waals surface area contributed by atoms with Gasteiger partial charge in [0.2, 0.25) is 0 Å². The van der Waals surface area contributed by atoms with Crippen LogP contribution < -0.4 is 5.32 Å². The van der Waals surface area contributed by atoms with E-state index in [9.17, 15) is 5.11 Å². The summed E-state index contributed by atoms with van der Waals surface area (Å²) in [5, 5.41) is 12.5. The van der Waals surface area contributed by atoms with Gasteiger partial charge in [-0.05, 0) is 61.7 Å². The Morgan fingerprint density at radius 3 is 2.12 bits per heavy atom. The number of phenolic OH excluding ortho intramolecular Hbond substituents is 1. The van der Waals surface area contributed by atoms with Gasteiger partial charge < -0.3 is 10.4 Å². The number of benzene rings is 2. The van der Waals surface area contributed by atoms with E-state index in [1.165, 1.54) is 0 Å². The maximum Gasteiger partial charge on any atom is 0.115 e. The van der Waals surface area contributed by atoms with Crippen molar-refractivity contribution in [3.05, 3.63) is 57.0 Å². The van der Waals surface area contributed by atoms with Gasteiger partial charge in [0.15, 0.2) is 0 Å². The van der Waals surface area contributed by atoms with Gasteiger partial charge in [0.1, 0.15) is 5.75 Å². The second-order valence-electron chi connectivity index (χ2n) is 3.62. The predicted molar refractivity (Wildman–Crippen MR) is 77.3 cm³/mol. The van der Waals surface area contributed by atoms with E-state index in [0.29, 0.717) is 6.54 Å². The first kappa shape index (κ1) is 12.5. The Morgan fingerprint density at radius 1 is 0.941 bits per heavy atom. The van der Waals surface area contributed by atoms with Crippen molar-refractivity contribution in [2.75, 3.05) is 5.32 Å². The van der Waals surface area contributed by atoms with Crippen molar-refractivity contribution in [3.8, 4) is 5.75 Å². The third kappa shape index (κ3) is 3.23. The molecule has 0 atom stereocenters. The molecular weight excluding hydrogens is 346 g/mol. The lowest BCUT2D eigenvalue weighted by molar-refractivity contribution is 0.475. The van der Waals surface area contributed by atoms with Crippen LogP contribution in [-0.4, -0.2) is 5.11 Å². The van der Waals surface area contributed by atoms with Gasteiger partial charge in [-0.3, -0.25) is 0 Å². The van der Waals surface area contributed by atoms with E-state index in [0.717, 1.165) is 20.2 Å². The summed E-state index contributed by atoms with van der Waals surface area (Å²) < 4.78 is 2.04. The lowest BCUT2D eigenvalue weighted by atomic mass is 10.2. The summed E-state index contributed by atoms with van der Waals surface area (Å²) in [5.41, 5.74) is 2.14. The number of rotatable bonds is 3. The standard InChI is InChI=1S/C13H11Br2NO/c14-11-2-1-3-12(15)13(11)16-8-9-4-6-10(17)7-5-9/h1-7,16-17H,8H2. The molecule has 0 bridgehead atoms. The van der Waals surface area contributed by atoms with Gasteiger partial charge in [-0.25, -0.2) is 0 Å². The largest absolute Gasteiger partial charge is 0.508 e. The monoisotopic (exact) mass is 355 g/mol. The van der Waals surface area contributed by atoms with Crippen LogP contribution in [0.25, 0.3) is 0 Å². The highest BCUT2D eigenvalue weighted by Gasteiger charge is 2.03. The Kier molecular flexibility index (Phi) is 4.07. The molecule has 0 radical (unpaired) electrons. The Hall–Kier alpha value is -1.00. The maximum atomic E-state index is 9.19. The number of anilines is 1. The lowest BCUT2D eigenvalue weighted by Crippen LogP contribution is -2.00. The van der Waals surface area contributed by atoms with Crippen molar-refractivity contribution in [3.63, 3.8) is 0 Å². The molecule has 0 aliphatic carbocycles. The number of hydrogen-bond donors (Lipinski definition) is 2. The van der Waals surface area contributed by atoms with Crippen molar-refractivity contribution in [1.82, 2.24) is 0 Å². The summed E-state index contributed by atoms with van der Waals surface area (Å²) >= 11 is 7.00. The van der Waals surface area contributed by atoms with Crippen LogP contribution in [0.1, 0.15) is 5.56 Å². The van der Waals surface area contributed by atoms with Gasteiger partial charge in [0, 0.05) is 15.5 Å². The SMILES string of the molecule is Oc1ccc(CNc2c(Br)cccc2Br)cc1. The van der Waals surface area contributed by atoms with Crippen LogP contribution in [0.2, 0.25) is 0 Å². The number of para-hydroxylation sites is 1.